The van der Waals surface area contributed by atoms with Crippen LogP contribution < -0.4 is 20.5 Å². The Morgan fingerprint density at radius 2 is 2.00 bits per heavy atom. The number of carbonyl (C=O) groups is 3. The second kappa shape index (κ2) is 12.6. The number of H-pyrrole nitrogens is 1. The molecule has 3 amide bonds. The van der Waals surface area contributed by atoms with Gasteiger partial charge in [0.2, 0.25) is 11.8 Å². The van der Waals surface area contributed by atoms with Gasteiger partial charge < -0.3 is 25.7 Å². The molecule has 2 aliphatic rings. The van der Waals surface area contributed by atoms with E-state index >= 15 is 0 Å². The van der Waals surface area contributed by atoms with Gasteiger partial charge in [-0.05, 0) is 37.8 Å². The van der Waals surface area contributed by atoms with Crippen molar-refractivity contribution in [3.63, 3.8) is 0 Å². The molecule has 2 aromatic rings. The molecule has 0 bridgehead atoms. The Balaban J connectivity index is 1.64. The Bertz CT molecular complexity index is 1370. The van der Waals surface area contributed by atoms with E-state index in [-0.39, 0.29) is 31.3 Å². The molecule has 224 valence electrons. The summed E-state index contributed by atoms with van der Waals surface area (Å²) in [5, 5.41) is 2.77. The summed E-state index contributed by atoms with van der Waals surface area (Å²) in [6, 6.07) is 5.90. The van der Waals surface area contributed by atoms with Gasteiger partial charge in [-0.25, -0.2) is 4.72 Å². The highest BCUT2D eigenvalue weighted by molar-refractivity contribution is 7.87. The second-order valence-electron chi connectivity index (χ2n) is 10.7. The number of hydrogen-bond acceptors (Lipinski definition) is 8. The number of aromatic amines is 1. The lowest BCUT2D eigenvalue weighted by atomic mass is 9.92. The number of nitrogens with zero attached hydrogens (tertiary/aromatic N) is 3. The number of para-hydroxylation sites is 2. The average Bonchev–Trinajstić information content (AvgIpc) is 3.54. The van der Waals surface area contributed by atoms with E-state index < -0.39 is 45.8 Å². The van der Waals surface area contributed by atoms with Gasteiger partial charge in [0.15, 0.2) is 0 Å². The maximum atomic E-state index is 13.8. The Morgan fingerprint density at radius 3 is 2.71 bits per heavy atom. The van der Waals surface area contributed by atoms with Gasteiger partial charge in [0.05, 0.1) is 23.6 Å². The molecule has 1 aromatic heterocycles. The molecule has 13 nitrogen and oxygen atoms in total. The molecule has 4 rings (SSSR count). The van der Waals surface area contributed by atoms with E-state index in [0.717, 1.165) is 29.1 Å². The molecule has 0 aliphatic carbocycles. The topological polar surface area (TPSA) is 180 Å². The van der Waals surface area contributed by atoms with Crippen LogP contribution in [-0.4, -0.2) is 89.7 Å². The molecule has 2 aliphatic heterocycles. The van der Waals surface area contributed by atoms with E-state index in [2.05, 4.69) is 20.0 Å². The van der Waals surface area contributed by atoms with E-state index in [9.17, 15) is 22.8 Å². The number of allylic oxidation sites excluding steroid dienone is 1. The van der Waals surface area contributed by atoms with E-state index in [1.807, 2.05) is 24.3 Å². The maximum absolute atomic E-state index is 13.8. The number of nitrogens with two attached hydrogens (primary N) is 1. The molecule has 0 radical (unpaired) electrons. The molecule has 3 heterocycles. The van der Waals surface area contributed by atoms with Crippen LogP contribution >= 0.6 is 0 Å². The lowest BCUT2D eigenvalue weighted by Gasteiger charge is -2.33. The Labute approximate surface area is 240 Å². The molecule has 0 saturated carbocycles. The van der Waals surface area contributed by atoms with Gasteiger partial charge in [0.1, 0.15) is 17.7 Å². The number of amides is 3. The van der Waals surface area contributed by atoms with Gasteiger partial charge in [-0.2, -0.15) is 17.7 Å². The van der Waals surface area contributed by atoms with Gasteiger partial charge in [-0.15, -0.1) is 0 Å². The zero-order valence-corrected chi connectivity index (χ0v) is 24.4. The lowest BCUT2D eigenvalue weighted by molar-refractivity contribution is -0.141. The van der Waals surface area contributed by atoms with E-state index in [1.165, 1.54) is 19.0 Å². The number of aromatic nitrogens is 2. The van der Waals surface area contributed by atoms with E-state index in [4.69, 9.17) is 10.5 Å². The molecule has 0 spiro atoms. The number of fused-ring (bicyclic) bond motifs is 2. The first kappa shape index (κ1) is 30.5. The molecule has 1 saturated heterocycles. The molecule has 1 aromatic carbocycles. The van der Waals surface area contributed by atoms with Crippen molar-refractivity contribution in [1.29, 1.82) is 0 Å². The smallest absolute Gasteiger partial charge is 0.303 e. The van der Waals surface area contributed by atoms with Crippen molar-refractivity contribution in [2.75, 3.05) is 20.6 Å². The summed E-state index contributed by atoms with van der Waals surface area (Å²) in [5.41, 5.74) is 6.11. The van der Waals surface area contributed by atoms with Gasteiger partial charge in [-0.3, -0.25) is 14.4 Å². The quantitative estimate of drug-likeness (QED) is 0.360. The van der Waals surface area contributed by atoms with Crippen LogP contribution in [0.5, 0.6) is 6.01 Å². The summed E-state index contributed by atoms with van der Waals surface area (Å²) in [6.07, 6.45) is 6.36. The largest absolute Gasteiger partial charge is 0.459 e. The van der Waals surface area contributed by atoms with Gasteiger partial charge >= 0.3 is 10.2 Å². The number of hydrogen-bond donors (Lipinski definition) is 4. The van der Waals surface area contributed by atoms with Crippen molar-refractivity contribution in [3.05, 3.63) is 36.4 Å². The zero-order chi connectivity index (χ0) is 29.8. The second-order valence-corrected chi connectivity index (χ2v) is 12.6. The van der Waals surface area contributed by atoms with Crippen LogP contribution in [0.4, 0.5) is 0 Å². The SMILES string of the molecule is CC[C@]1(C(=O)NS(=O)(=O)N(C)C)/C=C\CCCCC[C@H](N)C(=O)N2C[C@H](Oc3nc4ccccc4[nH]3)C[C@H]2C(=O)N1. The molecular formula is C27H39N7O6S. The monoisotopic (exact) mass is 589 g/mol. The third-order valence-electron chi connectivity index (χ3n) is 7.61. The number of benzene rings is 1. The fourth-order valence-corrected chi connectivity index (χ4v) is 5.68. The molecule has 0 unspecified atom stereocenters. The maximum Gasteiger partial charge on any atom is 0.303 e. The number of imidazole rings is 1. The number of carbonyl (C=O) groups excluding carboxylic acids is 3. The van der Waals surface area contributed by atoms with E-state index in [1.54, 1.807) is 19.1 Å². The summed E-state index contributed by atoms with van der Waals surface area (Å²) >= 11 is 0. The number of ether oxygens (including phenoxy) is 1. The van der Waals surface area contributed by atoms with Crippen LogP contribution in [0.1, 0.15) is 51.9 Å². The van der Waals surface area contributed by atoms with Gasteiger partial charge in [-0.1, -0.05) is 44.1 Å². The van der Waals surface area contributed by atoms with E-state index in [0.29, 0.717) is 18.4 Å². The first-order valence-corrected chi connectivity index (χ1v) is 15.3. The zero-order valence-electron chi connectivity index (χ0n) is 23.6. The Morgan fingerprint density at radius 1 is 1.24 bits per heavy atom. The third-order valence-corrected chi connectivity index (χ3v) is 9.02. The number of rotatable bonds is 6. The van der Waals surface area contributed by atoms with Crippen LogP contribution in [0.25, 0.3) is 11.0 Å². The highest BCUT2D eigenvalue weighted by Gasteiger charge is 2.46. The molecule has 5 N–H and O–H groups in total. The van der Waals surface area contributed by atoms with Crippen LogP contribution in [0.15, 0.2) is 36.4 Å². The Hall–Kier alpha value is -3.49. The minimum atomic E-state index is -4.12. The van der Waals surface area contributed by atoms with Crippen LogP contribution in [0.2, 0.25) is 0 Å². The van der Waals surface area contributed by atoms with Gasteiger partial charge in [0.25, 0.3) is 11.9 Å². The van der Waals surface area contributed by atoms with Crippen molar-refractivity contribution in [2.45, 2.75) is 75.6 Å². The van der Waals surface area contributed by atoms with Crippen LogP contribution in [-0.2, 0) is 24.6 Å². The molecule has 1 fully saturated rings. The highest BCUT2D eigenvalue weighted by atomic mass is 32.2. The average molecular weight is 590 g/mol. The van der Waals surface area contributed by atoms with Crippen molar-refractivity contribution >= 4 is 39.0 Å². The summed E-state index contributed by atoms with van der Waals surface area (Å²) < 4.78 is 34.0. The first-order valence-electron chi connectivity index (χ1n) is 13.9. The fourth-order valence-electron chi connectivity index (χ4n) is 5.09. The number of nitrogens with one attached hydrogen (secondary N) is 3. The standard InChI is InChI=1S/C27H39N7O6S/c1-4-27(25(37)32-41(38,39)33(2)3)15-11-7-5-6-8-12-19(28)24(36)34-17-18(16-22(34)23(35)31-27)40-26-29-20-13-9-10-14-21(20)30-26/h9-11,13-15,18-19,22H,4-8,12,16-17,28H2,1-3H3,(H,29,30)(H,31,35)(H,32,37)/b15-11-/t18-,19+,22+,27-/m1/s1. The first-order chi connectivity index (χ1) is 19.5. The predicted octanol–water partition coefficient (Wildman–Crippen LogP) is 0.946. The summed E-state index contributed by atoms with van der Waals surface area (Å²) in [5.74, 6) is -1.88. The minimum Gasteiger partial charge on any atom is -0.459 e. The van der Waals surface area contributed by atoms with Crippen molar-refractivity contribution < 1.29 is 27.5 Å². The van der Waals surface area contributed by atoms with Crippen LogP contribution in [0, 0.1) is 0 Å². The highest BCUT2D eigenvalue weighted by Crippen LogP contribution is 2.27. The molecule has 4 atom stereocenters. The molecule has 41 heavy (non-hydrogen) atoms. The summed E-state index contributed by atoms with van der Waals surface area (Å²) in [7, 11) is -1.53. The summed E-state index contributed by atoms with van der Waals surface area (Å²) in [4.78, 5) is 49.7. The normalized spacial score (nSPS) is 27.2. The fraction of sp³-hybridized carbons (Fsp3) is 0.556. The predicted molar refractivity (Wildman–Crippen MR) is 153 cm³/mol. The molecular weight excluding hydrogens is 550 g/mol. The van der Waals surface area contributed by atoms with Crippen molar-refractivity contribution in [1.82, 2.24) is 29.2 Å². The van der Waals surface area contributed by atoms with Crippen molar-refractivity contribution in [3.8, 4) is 6.01 Å². The van der Waals surface area contributed by atoms with Crippen molar-refractivity contribution in [2.24, 2.45) is 5.73 Å². The Kier molecular flexibility index (Phi) is 9.34. The minimum absolute atomic E-state index is 0.0725. The van der Waals surface area contributed by atoms with Crippen LogP contribution in [0.3, 0.4) is 0 Å². The third kappa shape index (κ3) is 6.88. The van der Waals surface area contributed by atoms with Gasteiger partial charge in [0, 0.05) is 20.5 Å². The summed E-state index contributed by atoms with van der Waals surface area (Å²) in [6.45, 7) is 1.77. The molecule has 14 heteroatoms. The lowest BCUT2D eigenvalue weighted by Crippen LogP contribution is -2.62.